The second kappa shape index (κ2) is 8.81. The predicted molar refractivity (Wildman–Crippen MR) is 105 cm³/mol. The Kier molecular flexibility index (Phi) is 6.24. The standard InChI is InChI=1S/C20H23N3O3S/c1-14-22-17(13-27-14)12-26-18-7-4-15(5-8-18)6-9-19(24)23-10-2-3-16(11-23)20(21)25/h4-9,13,16H,2-3,10-12H2,1H3,(H2,21,25)/b9-6+. The van der Waals surface area contributed by atoms with E-state index in [0.717, 1.165) is 34.9 Å². The second-order valence-corrected chi connectivity index (χ2v) is 7.64. The summed E-state index contributed by atoms with van der Waals surface area (Å²) in [5.41, 5.74) is 7.19. The molecule has 1 aliphatic rings. The highest BCUT2D eigenvalue weighted by Gasteiger charge is 2.25. The van der Waals surface area contributed by atoms with Gasteiger partial charge in [-0.15, -0.1) is 11.3 Å². The number of likely N-dealkylation sites (tertiary alicyclic amines) is 1. The van der Waals surface area contributed by atoms with Crippen LogP contribution < -0.4 is 10.5 Å². The molecule has 3 rings (SSSR count). The summed E-state index contributed by atoms with van der Waals surface area (Å²) in [6.07, 6.45) is 4.86. The lowest BCUT2D eigenvalue weighted by atomic mass is 9.97. The average Bonchev–Trinajstić information content (AvgIpc) is 3.10. The highest BCUT2D eigenvalue weighted by Crippen LogP contribution is 2.18. The van der Waals surface area contributed by atoms with Gasteiger partial charge in [0.2, 0.25) is 11.8 Å². The second-order valence-electron chi connectivity index (χ2n) is 6.57. The van der Waals surface area contributed by atoms with Gasteiger partial charge in [0.05, 0.1) is 16.6 Å². The number of carbonyl (C=O) groups excluding carboxylic acids is 2. The third-order valence-electron chi connectivity index (χ3n) is 4.49. The fourth-order valence-electron chi connectivity index (χ4n) is 2.99. The largest absolute Gasteiger partial charge is 0.487 e. The summed E-state index contributed by atoms with van der Waals surface area (Å²) in [5.74, 6) is 0.0820. The molecule has 1 atom stereocenters. The first kappa shape index (κ1) is 19.1. The van der Waals surface area contributed by atoms with Gasteiger partial charge in [-0.2, -0.15) is 0 Å². The molecule has 142 valence electrons. The molecule has 2 amide bonds. The van der Waals surface area contributed by atoms with Crippen molar-refractivity contribution in [1.29, 1.82) is 0 Å². The van der Waals surface area contributed by atoms with Crippen molar-refractivity contribution in [1.82, 2.24) is 9.88 Å². The maximum atomic E-state index is 12.3. The van der Waals surface area contributed by atoms with Gasteiger partial charge >= 0.3 is 0 Å². The SMILES string of the molecule is Cc1nc(COc2ccc(/C=C/C(=O)N3CCCC(C(N)=O)C3)cc2)cs1. The monoisotopic (exact) mass is 385 g/mol. The first-order valence-electron chi connectivity index (χ1n) is 8.91. The van der Waals surface area contributed by atoms with Crippen LogP contribution >= 0.6 is 11.3 Å². The van der Waals surface area contributed by atoms with Crippen molar-refractivity contribution in [2.24, 2.45) is 11.7 Å². The van der Waals surface area contributed by atoms with E-state index < -0.39 is 0 Å². The third-order valence-corrected chi connectivity index (χ3v) is 5.31. The molecule has 2 aromatic rings. The lowest BCUT2D eigenvalue weighted by Crippen LogP contribution is -2.43. The number of carbonyl (C=O) groups is 2. The molecule has 0 bridgehead atoms. The molecule has 1 fully saturated rings. The topological polar surface area (TPSA) is 85.5 Å². The Morgan fingerprint density at radius 2 is 2.15 bits per heavy atom. The molecule has 0 spiro atoms. The molecule has 7 heteroatoms. The third kappa shape index (κ3) is 5.40. The normalized spacial score (nSPS) is 17.2. The van der Waals surface area contributed by atoms with E-state index in [9.17, 15) is 9.59 Å². The molecule has 1 unspecified atom stereocenters. The molecule has 1 aliphatic heterocycles. The van der Waals surface area contributed by atoms with Gasteiger partial charge in [-0.05, 0) is 43.5 Å². The minimum absolute atomic E-state index is 0.0971. The van der Waals surface area contributed by atoms with Crippen LogP contribution in [0.3, 0.4) is 0 Å². The number of ether oxygens (including phenoxy) is 1. The molecule has 6 nitrogen and oxygen atoms in total. The zero-order valence-corrected chi connectivity index (χ0v) is 16.1. The first-order chi connectivity index (χ1) is 13.0. The Hall–Kier alpha value is -2.67. The Bertz CT molecular complexity index is 829. The van der Waals surface area contributed by atoms with Crippen LogP contribution in [-0.4, -0.2) is 34.8 Å². The van der Waals surface area contributed by atoms with Crippen molar-refractivity contribution in [2.45, 2.75) is 26.4 Å². The van der Waals surface area contributed by atoms with Crippen LogP contribution in [0.2, 0.25) is 0 Å². The van der Waals surface area contributed by atoms with Gasteiger partial charge < -0.3 is 15.4 Å². The van der Waals surface area contributed by atoms with E-state index >= 15 is 0 Å². The number of aromatic nitrogens is 1. The molecule has 27 heavy (non-hydrogen) atoms. The van der Waals surface area contributed by atoms with Crippen molar-refractivity contribution in [2.75, 3.05) is 13.1 Å². The van der Waals surface area contributed by atoms with E-state index in [1.807, 2.05) is 36.6 Å². The van der Waals surface area contributed by atoms with E-state index in [-0.39, 0.29) is 17.7 Å². The average molecular weight is 385 g/mol. The Morgan fingerprint density at radius 1 is 1.37 bits per heavy atom. The zero-order valence-electron chi connectivity index (χ0n) is 15.3. The Labute approximate surface area is 162 Å². The van der Waals surface area contributed by atoms with Gasteiger partial charge in [0.1, 0.15) is 12.4 Å². The molecule has 1 aromatic heterocycles. The number of benzene rings is 1. The van der Waals surface area contributed by atoms with Gasteiger partial charge in [0, 0.05) is 24.5 Å². The molecule has 2 heterocycles. The van der Waals surface area contributed by atoms with Gasteiger partial charge in [0.25, 0.3) is 0 Å². The van der Waals surface area contributed by atoms with Crippen LogP contribution in [0.15, 0.2) is 35.7 Å². The number of amides is 2. The van der Waals surface area contributed by atoms with Crippen LogP contribution in [0, 0.1) is 12.8 Å². The first-order valence-corrected chi connectivity index (χ1v) is 9.79. The van der Waals surface area contributed by atoms with Crippen LogP contribution in [0.5, 0.6) is 5.75 Å². The quantitative estimate of drug-likeness (QED) is 0.775. The molecule has 0 saturated carbocycles. The van der Waals surface area contributed by atoms with Crippen molar-refractivity contribution >= 4 is 29.2 Å². The van der Waals surface area contributed by atoms with Crippen molar-refractivity contribution < 1.29 is 14.3 Å². The summed E-state index contributed by atoms with van der Waals surface area (Å²) in [5, 5.41) is 3.01. The zero-order chi connectivity index (χ0) is 19.2. The lowest BCUT2D eigenvalue weighted by Gasteiger charge is -2.30. The highest BCUT2D eigenvalue weighted by molar-refractivity contribution is 7.09. The number of thiazole rings is 1. The van der Waals surface area contributed by atoms with Crippen molar-refractivity contribution in [3.05, 3.63) is 52.0 Å². The highest BCUT2D eigenvalue weighted by atomic mass is 32.1. The van der Waals surface area contributed by atoms with E-state index in [4.69, 9.17) is 10.5 Å². The number of hydrogen-bond donors (Lipinski definition) is 1. The number of primary amides is 1. The molecule has 1 saturated heterocycles. The van der Waals surface area contributed by atoms with E-state index in [1.54, 1.807) is 22.3 Å². The predicted octanol–water partition coefficient (Wildman–Crippen LogP) is 2.77. The molecule has 1 aromatic carbocycles. The number of hydrogen-bond acceptors (Lipinski definition) is 5. The maximum absolute atomic E-state index is 12.3. The van der Waals surface area contributed by atoms with Crippen molar-refractivity contribution in [3.63, 3.8) is 0 Å². The van der Waals surface area contributed by atoms with Crippen LogP contribution in [0.25, 0.3) is 6.08 Å². The number of rotatable bonds is 6. The summed E-state index contributed by atoms with van der Waals surface area (Å²) in [4.78, 5) is 29.7. The Morgan fingerprint density at radius 3 is 2.81 bits per heavy atom. The Balaban J connectivity index is 1.52. The smallest absolute Gasteiger partial charge is 0.246 e. The minimum atomic E-state index is -0.333. The van der Waals surface area contributed by atoms with Gasteiger partial charge in [-0.25, -0.2) is 4.98 Å². The van der Waals surface area contributed by atoms with E-state index in [2.05, 4.69) is 4.98 Å². The molecular weight excluding hydrogens is 362 g/mol. The number of nitrogens with zero attached hydrogens (tertiary/aromatic N) is 2. The summed E-state index contributed by atoms with van der Waals surface area (Å²) in [7, 11) is 0. The summed E-state index contributed by atoms with van der Waals surface area (Å²) in [6.45, 7) is 3.47. The molecule has 0 radical (unpaired) electrons. The van der Waals surface area contributed by atoms with Crippen LogP contribution in [0.1, 0.15) is 29.1 Å². The minimum Gasteiger partial charge on any atom is -0.487 e. The summed E-state index contributed by atoms with van der Waals surface area (Å²) in [6, 6.07) is 7.53. The number of piperidine rings is 1. The lowest BCUT2D eigenvalue weighted by molar-refractivity contribution is -0.130. The fraction of sp³-hybridized carbons (Fsp3) is 0.350. The van der Waals surface area contributed by atoms with Crippen LogP contribution in [-0.2, 0) is 16.2 Å². The van der Waals surface area contributed by atoms with Gasteiger partial charge in [-0.1, -0.05) is 12.1 Å². The van der Waals surface area contributed by atoms with E-state index in [1.165, 1.54) is 6.08 Å². The summed E-state index contributed by atoms with van der Waals surface area (Å²) < 4.78 is 5.72. The van der Waals surface area contributed by atoms with Gasteiger partial charge in [-0.3, -0.25) is 9.59 Å². The summed E-state index contributed by atoms with van der Waals surface area (Å²) >= 11 is 1.60. The molecular formula is C20H23N3O3S. The van der Waals surface area contributed by atoms with Gasteiger partial charge in [0.15, 0.2) is 0 Å². The number of aryl methyl sites for hydroxylation is 1. The van der Waals surface area contributed by atoms with E-state index in [0.29, 0.717) is 19.7 Å². The number of nitrogens with two attached hydrogens (primary N) is 1. The fourth-order valence-corrected chi connectivity index (χ4v) is 3.59. The molecule has 0 aliphatic carbocycles. The molecule has 2 N–H and O–H groups in total. The van der Waals surface area contributed by atoms with Crippen LogP contribution in [0.4, 0.5) is 0 Å². The maximum Gasteiger partial charge on any atom is 0.246 e. The van der Waals surface area contributed by atoms with Crippen molar-refractivity contribution in [3.8, 4) is 5.75 Å².